The molecule has 1 aliphatic heterocycles. The summed E-state index contributed by atoms with van der Waals surface area (Å²) >= 11 is 1.56. The molecule has 2 heterocycles. The van der Waals surface area contributed by atoms with Crippen molar-refractivity contribution in [1.82, 2.24) is 15.2 Å². The molecule has 0 unspecified atom stereocenters. The number of nitrogens with one attached hydrogen (secondary N) is 1. The first-order valence-corrected chi connectivity index (χ1v) is 6.90. The summed E-state index contributed by atoms with van der Waals surface area (Å²) in [5, 5.41) is 5.99. The SMILES string of the molecule is Cc1csc(CC(=O)NC2CCN(C)CC2)n1. The van der Waals surface area contributed by atoms with Gasteiger partial charge < -0.3 is 10.2 Å². The van der Waals surface area contributed by atoms with E-state index in [0.29, 0.717) is 12.5 Å². The van der Waals surface area contributed by atoms with Crippen molar-refractivity contribution in [2.45, 2.75) is 32.2 Å². The summed E-state index contributed by atoms with van der Waals surface area (Å²) in [4.78, 5) is 18.4. The van der Waals surface area contributed by atoms with Gasteiger partial charge in [0, 0.05) is 17.1 Å². The quantitative estimate of drug-likeness (QED) is 0.880. The highest BCUT2D eigenvalue weighted by Crippen LogP contribution is 2.11. The molecule has 1 saturated heterocycles. The van der Waals surface area contributed by atoms with Gasteiger partial charge in [0.25, 0.3) is 0 Å². The number of hydrogen-bond donors (Lipinski definition) is 1. The third-order valence-electron chi connectivity index (χ3n) is 3.06. The fraction of sp³-hybridized carbons (Fsp3) is 0.667. The maximum absolute atomic E-state index is 11.8. The number of carbonyl (C=O) groups is 1. The van der Waals surface area contributed by atoms with E-state index in [1.54, 1.807) is 11.3 Å². The van der Waals surface area contributed by atoms with Crippen molar-refractivity contribution < 1.29 is 4.79 Å². The van der Waals surface area contributed by atoms with Crippen LogP contribution in [0.2, 0.25) is 0 Å². The van der Waals surface area contributed by atoms with E-state index in [4.69, 9.17) is 0 Å². The number of piperidine rings is 1. The molecule has 1 aromatic rings. The molecule has 0 spiro atoms. The maximum Gasteiger partial charge on any atom is 0.227 e. The van der Waals surface area contributed by atoms with Crippen LogP contribution in [0.1, 0.15) is 23.5 Å². The monoisotopic (exact) mass is 253 g/mol. The Bertz CT molecular complexity index is 383. The number of thiazole rings is 1. The molecule has 0 aromatic carbocycles. The number of aryl methyl sites for hydroxylation is 1. The van der Waals surface area contributed by atoms with Crippen LogP contribution in [0, 0.1) is 6.92 Å². The molecule has 1 fully saturated rings. The summed E-state index contributed by atoms with van der Waals surface area (Å²) in [5.41, 5.74) is 0.997. The smallest absolute Gasteiger partial charge is 0.227 e. The largest absolute Gasteiger partial charge is 0.353 e. The van der Waals surface area contributed by atoms with E-state index in [1.807, 2.05) is 12.3 Å². The van der Waals surface area contributed by atoms with Gasteiger partial charge in [-0.15, -0.1) is 11.3 Å². The zero-order chi connectivity index (χ0) is 12.3. The second-order valence-electron chi connectivity index (χ2n) is 4.70. The highest BCUT2D eigenvalue weighted by atomic mass is 32.1. The van der Waals surface area contributed by atoms with Crippen LogP contribution in [-0.2, 0) is 11.2 Å². The minimum absolute atomic E-state index is 0.105. The number of aromatic nitrogens is 1. The third kappa shape index (κ3) is 3.78. The van der Waals surface area contributed by atoms with E-state index in [-0.39, 0.29) is 5.91 Å². The van der Waals surface area contributed by atoms with Crippen molar-refractivity contribution in [1.29, 1.82) is 0 Å². The maximum atomic E-state index is 11.8. The molecular formula is C12H19N3OS. The van der Waals surface area contributed by atoms with Crippen LogP contribution in [-0.4, -0.2) is 42.0 Å². The number of rotatable bonds is 3. The van der Waals surface area contributed by atoms with Crippen molar-refractivity contribution in [2.75, 3.05) is 20.1 Å². The molecule has 2 rings (SSSR count). The fourth-order valence-corrected chi connectivity index (χ4v) is 2.82. The van der Waals surface area contributed by atoms with E-state index in [0.717, 1.165) is 36.6 Å². The topological polar surface area (TPSA) is 45.2 Å². The number of hydrogen-bond acceptors (Lipinski definition) is 4. The van der Waals surface area contributed by atoms with E-state index < -0.39 is 0 Å². The lowest BCUT2D eigenvalue weighted by atomic mass is 10.1. The summed E-state index contributed by atoms with van der Waals surface area (Å²) in [7, 11) is 2.12. The number of nitrogens with zero attached hydrogens (tertiary/aromatic N) is 2. The van der Waals surface area contributed by atoms with Crippen molar-refractivity contribution in [3.63, 3.8) is 0 Å². The molecule has 5 heteroatoms. The Hall–Kier alpha value is -0.940. The first-order valence-electron chi connectivity index (χ1n) is 6.02. The molecular weight excluding hydrogens is 234 g/mol. The minimum atomic E-state index is 0.105. The number of likely N-dealkylation sites (tertiary alicyclic amines) is 1. The summed E-state index contributed by atoms with van der Waals surface area (Å²) in [6, 6.07) is 0.347. The molecule has 1 aliphatic rings. The predicted molar refractivity (Wildman–Crippen MR) is 69.2 cm³/mol. The van der Waals surface area contributed by atoms with E-state index in [9.17, 15) is 4.79 Å². The molecule has 1 amide bonds. The molecule has 0 atom stereocenters. The summed E-state index contributed by atoms with van der Waals surface area (Å²) in [6.45, 7) is 4.09. The lowest BCUT2D eigenvalue weighted by Gasteiger charge is -2.29. The van der Waals surface area contributed by atoms with Crippen molar-refractivity contribution in [3.8, 4) is 0 Å². The van der Waals surface area contributed by atoms with Crippen LogP contribution in [0.3, 0.4) is 0 Å². The second kappa shape index (κ2) is 5.60. The average molecular weight is 253 g/mol. The molecule has 1 N–H and O–H groups in total. The van der Waals surface area contributed by atoms with Gasteiger partial charge in [0.2, 0.25) is 5.91 Å². The number of carbonyl (C=O) groups excluding carboxylic acids is 1. The Labute approximate surface area is 106 Å². The molecule has 0 saturated carbocycles. The van der Waals surface area contributed by atoms with Crippen molar-refractivity contribution in [2.24, 2.45) is 0 Å². The molecule has 0 radical (unpaired) electrons. The molecule has 0 aliphatic carbocycles. The first kappa shape index (κ1) is 12.5. The van der Waals surface area contributed by atoms with Crippen molar-refractivity contribution >= 4 is 17.2 Å². The summed E-state index contributed by atoms with van der Waals surface area (Å²) < 4.78 is 0. The van der Waals surface area contributed by atoms with Crippen LogP contribution in [0.15, 0.2) is 5.38 Å². The van der Waals surface area contributed by atoms with E-state index >= 15 is 0 Å². The van der Waals surface area contributed by atoms with Gasteiger partial charge in [-0.2, -0.15) is 0 Å². The van der Waals surface area contributed by atoms with Gasteiger partial charge in [-0.25, -0.2) is 4.98 Å². The lowest BCUT2D eigenvalue weighted by Crippen LogP contribution is -2.43. The first-order chi connectivity index (χ1) is 8.13. The van der Waals surface area contributed by atoms with Gasteiger partial charge in [-0.05, 0) is 39.9 Å². The van der Waals surface area contributed by atoms with Crippen molar-refractivity contribution in [3.05, 3.63) is 16.1 Å². The highest BCUT2D eigenvalue weighted by molar-refractivity contribution is 7.09. The summed E-state index contributed by atoms with van der Waals surface area (Å²) in [5.74, 6) is 0.105. The summed E-state index contributed by atoms with van der Waals surface area (Å²) in [6.07, 6.45) is 2.53. The molecule has 4 nitrogen and oxygen atoms in total. The predicted octanol–water partition coefficient (Wildman–Crippen LogP) is 1.20. The van der Waals surface area contributed by atoms with Gasteiger partial charge in [0.05, 0.1) is 6.42 Å². The molecule has 94 valence electrons. The lowest BCUT2D eigenvalue weighted by molar-refractivity contribution is -0.121. The van der Waals surface area contributed by atoms with Crippen LogP contribution in [0.4, 0.5) is 0 Å². The Morgan fingerprint density at radius 1 is 1.59 bits per heavy atom. The molecule has 17 heavy (non-hydrogen) atoms. The van der Waals surface area contributed by atoms with Gasteiger partial charge in [-0.1, -0.05) is 0 Å². The molecule has 0 bridgehead atoms. The van der Waals surface area contributed by atoms with Crippen LogP contribution in [0.5, 0.6) is 0 Å². The van der Waals surface area contributed by atoms with Crippen LogP contribution >= 0.6 is 11.3 Å². The van der Waals surface area contributed by atoms with Gasteiger partial charge >= 0.3 is 0 Å². The molecule has 1 aromatic heterocycles. The normalized spacial score (nSPS) is 18.2. The standard InChI is InChI=1S/C12H19N3OS/c1-9-8-17-12(13-9)7-11(16)14-10-3-5-15(2)6-4-10/h8,10H,3-7H2,1-2H3,(H,14,16). The van der Waals surface area contributed by atoms with E-state index in [2.05, 4.69) is 22.2 Å². The zero-order valence-electron chi connectivity index (χ0n) is 10.4. The zero-order valence-corrected chi connectivity index (χ0v) is 11.2. The Morgan fingerprint density at radius 3 is 2.88 bits per heavy atom. The van der Waals surface area contributed by atoms with Crippen LogP contribution < -0.4 is 5.32 Å². The Morgan fingerprint density at radius 2 is 2.29 bits per heavy atom. The number of amides is 1. The third-order valence-corrected chi connectivity index (χ3v) is 4.03. The highest BCUT2D eigenvalue weighted by Gasteiger charge is 2.18. The van der Waals surface area contributed by atoms with Crippen LogP contribution in [0.25, 0.3) is 0 Å². The van der Waals surface area contributed by atoms with Gasteiger partial charge in [0.1, 0.15) is 5.01 Å². The fourth-order valence-electron chi connectivity index (χ4n) is 2.05. The minimum Gasteiger partial charge on any atom is -0.353 e. The Kier molecular flexibility index (Phi) is 4.12. The second-order valence-corrected chi connectivity index (χ2v) is 5.65. The average Bonchev–Trinajstić information content (AvgIpc) is 2.67. The Balaban J connectivity index is 1.77. The van der Waals surface area contributed by atoms with Gasteiger partial charge in [-0.3, -0.25) is 4.79 Å². The van der Waals surface area contributed by atoms with Gasteiger partial charge in [0.15, 0.2) is 0 Å². The van der Waals surface area contributed by atoms with E-state index in [1.165, 1.54) is 0 Å².